The van der Waals surface area contributed by atoms with Gasteiger partial charge in [0.1, 0.15) is 36.1 Å². The first-order valence-corrected chi connectivity index (χ1v) is 16.8. The van der Waals surface area contributed by atoms with Gasteiger partial charge in [0.15, 0.2) is 5.78 Å². The predicted octanol–water partition coefficient (Wildman–Crippen LogP) is 4.24. The Hall–Kier alpha value is -3.57. The van der Waals surface area contributed by atoms with Crippen molar-refractivity contribution in [2.24, 2.45) is 40.9 Å². The monoisotopic (exact) mass is 668 g/mol. The van der Waals surface area contributed by atoms with E-state index in [4.69, 9.17) is 23.7 Å². The Kier molecular flexibility index (Phi) is 9.22. The van der Waals surface area contributed by atoms with Crippen molar-refractivity contribution in [3.63, 3.8) is 0 Å². The van der Waals surface area contributed by atoms with Crippen LogP contribution in [0.3, 0.4) is 0 Å². The van der Waals surface area contributed by atoms with E-state index in [0.717, 1.165) is 0 Å². The molecule has 11 heteroatoms. The molecule has 262 valence electrons. The number of benzene rings is 1. The van der Waals surface area contributed by atoms with Crippen LogP contribution in [0.1, 0.15) is 79.1 Å². The minimum Gasteiger partial charge on any atom is -0.465 e. The molecule has 11 nitrogen and oxygen atoms in total. The van der Waals surface area contributed by atoms with Crippen molar-refractivity contribution < 1.29 is 52.8 Å². The fourth-order valence-corrected chi connectivity index (χ4v) is 8.86. The molecule has 0 amide bonds. The number of aliphatic hydroxyl groups is 1. The van der Waals surface area contributed by atoms with Crippen LogP contribution in [0.2, 0.25) is 0 Å². The van der Waals surface area contributed by atoms with Crippen molar-refractivity contribution in [2.75, 3.05) is 6.61 Å². The summed E-state index contributed by atoms with van der Waals surface area (Å²) in [6.45, 7) is 14.4. The van der Waals surface area contributed by atoms with Gasteiger partial charge >= 0.3 is 23.9 Å². The molecule has 0 radical (unpaired) electrons. The number of carbonyl (C=O) groups excluding carboxylic acids is 5. The Balaban J connectivity index is 1.86. The molecule has 1 saturated heterocycles. The van der Waals surface area contributed by atoms with Crippen molar-refractivity contribution in [3.05, 3.63) is 48.0 Å². The lowest BCUT2D eigenvalue weighted by atomic mass is 9.54. The second-order valence-corrected chi connectivity index (χ2v) is 15.3. The summed E-state index contributed by atoms with van der Waals surface area (Å²) in [4.78, 5) is 68.5. The van der Waals surface area contributed by atoms with E-state index in [-0.39, 0.29) is 12.0 Å². The Labute approximate surface area is 281 Å². The van der Waals surface area contributed by atoms with E-state index in [9.17, 15) is 24.3 Å². The third kappa shape index (κ3) is 5.56. The summed E-state index contributed by atoms with van der Waals surface area (Å²) in [5, 5.41) is 12.8. The predicted molar refractivity (Wildman–Crippen MR) is 171 cm³/mol. The largest absolute Gasteiger partial charge is 0.465 e. The summed E-state index contributed by atoms with van der Waals surface area (Å²) in [6.07, 6.45) is -0.466. The first-order chi connectivity index (χ1) is 22.3. The zero-order valence-electron chi connectivity index (χ0n) is 29.2. The van der Waals surface area contributed by atoms with Gasteiger partial charge in [-0.15, -0.1) is 0 Å². The molecule has 3 fully saturated rings. The molecule has 0 aromatic heterocycles. The van der Waals surface area contributed by atoms with E-state index >= 15 is 4.79 Å². The highest BCUT2D eigenvalue weighted by molar-refractivity contribution is 5.97. The van der Waals surface area contributed by atoms with Crippen LogP contribution in [0.25, 0.3) is 0 Å². The van der Waals surface area contributed by atoms with E-state index in [1.807, 2.05) is 19.9 Å². The van der Waals surface area contributed by atoms with Crippen LogP contribution in [0.4, 0.5) is 0 Å². The average Bonchev–Trinajstić information content (AvgIpc) is 3.38. The van der Waals surface area contributed by atoms with Gasteiger partial charge in [-0.25, -0.2) is 4.79 Å². The highest BCUT2D eigenvalue weighted by Crippen LogP contribution is 2.67. The fourth-order valence-electron chi connectivity index (χ4n) is 8.86. The number of fused-ring (bicyclic) bond motifs is 1. The molecule has 4 aliphatic rings. The van der Waals surface area contributed by atoms with Crippen LogP contribution in [0, 0.1) is 40.9 Å². The maximum Gasteiger partial charge on any atom is 0.338 e. The van der Waals surface area contributed by atoms with E-state index in [1.165, 1.54) is 6.92 Å². The number of rotatable bonds is 8. The van der Waals surface area contributed by atoms with Gasteiger partial charge in [0.2, 0.25) is 0 Å². The summed E-state index contributed by atoms with van der Waals surface area (Å²) >= 11 is 0. The quantitative estimate of drug-likeness (QED) is 0.241. The Bertz CT molecular complexity index is 1500. The summed E-state index contributed by atoms with van der Waals surface area (Å²) in [6, 6.07) is 8.20. The van der Waals surface area contributed by atoms with Crippen molar-refractivity contribution in [1.29, 1.82) is 0 Å². The highest BCUT2D eigenvalue weighted by atomic mass is 16.6. The lowest BCUT2D eigenvalue weighted by Gasteiger charge is -2.53. The van der Waals surface area contributed by atoms with Crippen LogP contribution < -0.4 is 0 Å². The van der Waals surface area contributed by atoms with Gasteiger partial charge in [-0.05, 0) is 51.3 Å². The van der Waals surface area contributed by atoms with Crippen LogP contribution in [0.15, 0.2) is 42.5 Å². The molecule has 10 atom stereocenters. The van der Waals surface area contributed by atoms with Gasteiger partial charge in [0, 0.05) is 18.8 Å². The maximum absolute atomic E-state index is 15.1. The molecular weight excluding hydrogens is 620 g/mol. The second-order valence-electron chi connectivity index (χ2n) is 15.3. The van der Waals surface area contributed by atoms with E-state index < -0.39 is 112 Å². The molecule has 48 heavy (non-hydrogen) atoms. The van der Waals surface area contributed by atoms with Gasteiger partial charge in [-0.2, -0.15) is 0 Å². The lowest BCUT2D eigenvalue weighted by molar-refractivity contribution is -0.206. The Morgan fingerprint density at radius 1 is 0.938 bits per heavy atom. The molecular formula is C37H48O11. The van der Waals surface area contributed by atoms with E-state index in [1.54, 1.807) is 78.0 Å². The molecule has 5 rings (SSSR count). The molecule has 1 aliphatic heterocycles. The number of hydrogen-bond acceptors (Lipinski definition) is 11. The van der Waals surface area contributed by atoms with E-state index in [2.05, 4.69) is 0 Å². The molecule has 0 bridgehead atoms. The van der Waals surface area contributed by atoms with Crippen molar-refractivity contribution in [2.45, 2.75) is 104 Å². The fraction of sp³-hybridized carbons (Fsp3) is 0.649. The van der Waals surface area contributed by atoms with E-state index in [0.29, 0.717) is 0 Å². The normalized spacial score (nSPS) is 37.8. The van der Waals surface area contributed by atoms with Crippen molar-refractivity contribution in [3.8, 4) is 0 Å². The SMILES string of the molecule is CC(=O)O[C@@H]1C=C[C@H]2[C@@H]3[C@]1(COC(=O)C(C)C)[C@H](OC(=O)c1ccccc1)[C@H]1[C@@H](OC(=O)C(C)C)[C@@H](C)C[C@]1(O)C(=O)[C@@]3(C)OC2(C)C. The van der Waals surface area contributed by atoms with Gasteiger partial charge in [-0.3, -0.25) is 19.2 Å². The molecule has 1 heterocycles. The Morgan fingerprint density at radius 3 is 2.15 bits per heavy atom. The van der Waals surface area contributed by atoms with Crippen LogP contribution in [-0.4, -0.2) is 76.5 Å². The number of hydrogen-bond donors (Lipinski definition) is 1. The molecule has 1 aromatic carbocycles. The van der Waals surface area contributed by atoms with Gasteiger partial charge in [0.05, 0.1) is 34.3 Å². The minimum absolute atomic E-state index is 0.129. The molecule has 1 aromatic rings. The summed E-state index contributed by atoms with van der Waals surface area (Å²) in [5.41, 5.74) is -6.48. The third-order valence-electron chi connectivity index (χ3n) is 10.8. The average molecular weight is 669 g/mol. The van der Waals surface area contributed by atoms with Crippen molar-refractivity contribution in [1.82, 2.24) is 0 Å². The topological polar surface area (TPSA) is 152 Å². The molecule has 1 N–H and O–H groups in total. The third-order valence-corrected chi connectivity index (χ3v) is 10.8. The summed E-state index contributed by atoms with van der Waals surface area (Å²) in [5.74, 6) is -7.77. The maximum atomic E-state index is 15.1. The van der Waals surface area contributed by atoms with Gasteiger partial charge in [-0.1, -0.05) is 58.9 Å². The van der Waals surface area contributed by atoms with Crippen molar-refractivity contribution >= 4 is 29.7 Å². The minimum atomic E-state index is -2.23. The lowest BCUT2D eigenvalue weighted by Crippen LogP contribution is -2.64. The molecule has 3 aliphatic carbocycles. The number of ether oxygens (including phenoxy) is 5. The molecule has 0 spiro atoms. The van der Waals surface area contributed by atoms with Gasteiger partial charge < -0.3 is 28.8 Å². The summed E-state index contributed by atoms with van der Waals surface area (Å²) in [7, 11) is 0. The first-order valence-electron chi connectivity index (χ1n) is 16.8. The number of esters is 4. The first kappa shape index (κ1) is 35.7. The molecule has 0 unspecified atom stereocenters. The zero-order chi connectivity index (χ0) is 35.6. The van der Waals surface area contributed by atoms with Gasteiger partial charge in [0.25, 0.3) is 0 Å². The van der Waals surface area contributed by atoms with Crippen LogP contribution >= 0.6 is 0 Å². The standard InChI is InChI=1S/C37H48O11/c1-19(2)30(39)44-18-36-25(45-22(6)38)16-15-24-28(36)35(9,48-34(24,7)8)33(42)37(43)17-21(5)27(46-31(40)20(3)4)26(37)29(36)47-32(41)23-13-11-10-12-14-23/h10-16,19-21,24-29,43H,17-18H2,1-9H3/t21-,24-,25+,26+,27-,28-,29+,35-,36+,37+/m0/s1. The smallest absolute Gasteiger partial charge is 0.338 e. The second kappa shape index (κ2) is 12.4. The highest BCUT2D eigenvalue weighted by Gasteiger charge is 2.80. The Morgan fingerprint density at radius 2 is 1.56 bits per heavy atom. The zero-order valence-corrected chi connectivity index (χ0v) is 29.2. The van der Waals surface area contributed by atoms with Crippen LogP contribution in [0.5, 0.6) is 0 Å². The number of ketones is 1. The number of Topliss-reactive ketones (excluding diaryl/α,β-unsaturated/α-hetero) is 1. The number of carbonyl (C=O) groups is 5. The molecule has 2 saturated carbocycles. The van der Waals surface area contributed by atoms with Crippen LogP contribution in [-0.2, 0) is 42.9 Å². The summed E-state index contributed by atoms with van der Waals surface area (Å²) < 4.78 is 31.3.